The Bertz CT molecular complexity index is 507. The molecule has 0 saturated heterocycles. The molecule has 0 fully saturated rings. The highest BCUT2D eigenvalue weighted by Gasteiger charge is 2.11. The van der Waals surface area contributed by atoms with Gasteiger partial charge in [0.1, 0.15) is 0 Å². The van der Waals surface area contributed by atoms with E-state index in [-0.39, 0.29) is 12.2 Å². The fourth-order valence-corrected chi connectivity index (χ4v) is 4.73. The third-order valence-corrected chi connectivity index (χ3v) is 6.93. The average Bonchev–Trinajstić information content (AvgIpc) is 2.83. The molecule has 198 valence electrons. The van der Waals surface area contributed by atoms with E-state index in [0.717, 1.165) is 26.1 Å². The zero-order chi connectivity index (χ0) is 24.7. The van der Waals surface area contributed by atoms with Crippen LogP contribution in [-0.2, 0) is 22.3 Å². The quantitative estimate of drug-likeness (QED) is 0.139. The van der Waals surface area contributed by atoms with Gasteiger partial charge in [0.05, 0.1) is 12.2 Å². The van der Waals surface area contributed by atoms with Crippen molar-refractivity contribution < 1.29 is 9.47 Å². The molecule has 2 unspecified atom stereocenters. The second-order valence-electron chi connectivity index (χ2n) is 10.5. The number of hydrogen-bond donors (Lipinski definition) is 0. The zero-order valence-corrected chi connectivity index (χ0v) is 23.4. The third-order valence-electron chi connectivity index (χ3n) is 6.93. The Hall–Kier alpha value is -0.860. The summed E-state index contributed by atoms with van der Waals surface area (Å²) in [6.07, 6.45) is 24.2. The molecule has 0 aliphatic heterocycles. The molecule has 1 rings (SSSR count). The molecule has 0 bridgehead atoms. The van der Waals surface area contributed by atoms with Gasteiger partial charge in [-0.1, -0.05) is 128 Å². The van der Waals surface area contributed by atoms with Gasteiger partial charge in [0.25, 0.3) is 0 Å². The lowest BCUT2D eigenvalue weighted by Gasteiger charge is -2.18. The summed E-state index contributed by atoms with van der Waals surface area (Å²) in [4.78, 5) is 0. The molecule has 34 heavy (non-hydrogen) atoms. The number of benzene rings is 1. The van der Waals surface area contributed by atoms with E-state index in [9.17, 15) is 0 Å². The molecule has 0 radical (unpaired) electrons. The highest BCUT2D eigenvalue weighted by molar-refractivity contribution is 5.28. The maximum absolute atomic E-state index is 6.15. The minimum Gasteiger partial charge on any atom is -0.378 e. The average molecular weight is 475 g/mol. The molecular formula is C32H58O2. The van der Waals surface area contributed by atoms with Crippen LogP contribution in [-0.4, -0.2) is 25.4 Å². The fraction of sp³-hybridized carbons (Fsp3) is 0.812. The van der Waals surface area contributed by atoms with Crippen molar-refractivity contribution in [1.29, 1.82) is 0 Å². The third kappa shape index (κ3) is 17.6. The maximum atomic E-state index is 6.15. The minimum atomic E-state index is 0.277. The van der Waals surface area contributed by atoms with Gasteiger partial charge in [0.15, 0.2) is 0 Å². The van der Waals surface area contributed by atoms with Crippen molar-refractivity contribution in [3.63, 3.8) is 0 Å². The zero-order valence-electron chi connectivity index (χ0n) is 23.4. The SMILES string of the molecule is CCCCCCCCCCOC(C)Cc1ccccc1CC(C)OCCCCCCCCCC. The summed E-state index contributed by atoms with van der Waals surface area (Å²) in [6, 6.07) is 8.87. The first-order valence-electron chi connectivity index (χ1n) is 15.0. The van der Waals surface area contributed by atoms with E-state index >= 15 is 0 Å². The van der Waals surface area contributed by atoms with Crippen LogP contribution < -0.4 is 0 Å². The van der Waals surface area contributed by atoms with E-state index in [4.69, 9.17) is 9.47 Å². The normalized spacial score (nSPS) is 13.3. The molecule has 0 aromatic heterocycles. The van der Waals surface area contributed by atoms with Gasteiger partial charge >= 0.3 is 0 Å². The van der Waals surface area contributed by atoms with Gasteiger partial charge in [-0.05, 0) is 50.7 Å². The lowest BCUT2D eigenvalue weighted by atomic mass is 9.98. The van der Waals surface area contributed by atoms with Crippen LogP contribution in [0.4, 0.5) is 0 Å². The van der Waals surface area contributed by atoms with Crippen LogP contribution in [0.1, 0.15) is 142 Å². The van der Waals surface area contributed by atoms with Crippen molar-refractivity contribution in [2.45, 2.75) is 155 Å². The van der Waals surface area contributed by atoms with E-state index in [0.29, 0.717) is 0 Å². The predicted molar refractivity (Wildman–Crippen MR) is 150 cm³/mol. The first-order chi connectivity index (χ1) is 16.7. The highest BCUT2D eigenvalue weighted by Crippen LogP contribution is 2.17. The summed E-state index contributed by atoms with van der Waals surface area (Å²) in [6.45, 7) is 10.8. The van der Waals surface area contributed by atoms with Gasteiger partial charge in [-0.25, -0.2) is 0 Å². The largest absolute Gasteiger partial charge is 0.378 e. The second kappa shape index (κ2) is 22.6. The van der Waals surface area contributed by atoms with Crippen molar-refractivity contribution in [2.75, 3.05) is 13.2 Å². The van der Waals surface area contributed by atoms with Crippen LogP contribution in [0, 0.1) is 0 Å². The molecule has 0 heterocycles. The van der Waals surface area contributed by atoms with Crippen LogP contribution in [0.15, 0.2) is 24.3 Å². The molecular weight excluding hydrogens is 416 g/mol. The summed E-state index contributed by atoms with van der Waals surface area (Å²) >= 11 is 0. The number of rotatable bonds is 24. The Labute approximate surface area is 213 Å². The van der Waals surface area contributed by atoms with Crippen molar-refractivity contribution in [3.05, 3.63) is 35.4 Å². The van der Waals surface area contributed by atoms with Crippen LogP contribution in [0.2, 0.25) is 0 Å². The van der Waals surface area contributed by atoms with Gasteiger partial charge < -0.3 is 9.47 Å². The monoisotopic (exact) mass is 474 g/mol. The molecule has 0 N–H and O–H groups in total. The van der Waals surface area contributed by atoms with Gasteiger partial charge in [-0.15, -0.1) is 0 Å². The Morgan fingerprint density at radius 2 is 0.824 bits per heavy atom. The lowest BCUT2D eigenvalue weighted by Crippen LogP contribution is -2.17. The number of unbranched alkanes of at least 4 members (excludes halogenated alkanes) is 14. The topological polar surface area (TPSA) is 18.5 Å². The van der Waals surface area contributed by atoms with Crippen molar-refractivity contribution in [1.82, 2.24) is 0 Å². The Kier molecular flexibility index (Phi) is 20.7. The molecule has 2 heteroatoms. The maximum Gasteiger partial charge on any atom is 0.0587 e. The standard InChI is InChI=1S/C32H58O2/c1-5-7-9-11-13-15-17-21-25-33-29(3)27-31-23-19-20-24-32(31)28-30(4)34-26-22-18-16-14-12-10-8-6-2/h19-20,23-24,29-30H,5-18,21-22,25-28H2,1-4H3. The molecule has 0 aliphatic rings. The summed E-state index contributed by atoms with van der Waals surface area (Å²) in [5, 5.41) is 0. The van der Waals surface area contributed by atoms with Gasteiger partial charge in [0, 0.05) is 13.2 Å². The first-order valence-corrected chi connectivity index (χ1v) is 15.0. The fourth-order valence-electron chi connectivity index (χ4n) is 4.73. The molecule has 1 aromatic carbocycles. The molecule has 2 nitrogen and oxygen atoms in total. The summed E-state index contributed by atoms with van der Waals surface area (Å²) < 4.78 is 12.3. The molecule has 1 aromatic rings. The highest BCUT2D eigenvalue weighted by atomic mass is 16.5. The van der Waals surface area contributed by atoms with E-state index in [1.165, 1.54) is 114 Å². The van der Waals surface area contributed by atoms with E-state index in [1.54, 1.807) is 0 Å². The van der Waals surface area contributed by atoms with Crippen molar-refractivity contribution >= 4 is 0 Å². The summed E-state index contributed by atoms with van der Waals surface area (Å²) in [5.74, 6) is 0. The summed E-state index contributed by atoms with van der Waals surface area (Å²) in [7, 11) is 0. The van der Waals surface area contributed by atoms with Crippen molar-refractivity contribution in [3.8, 4) is 0 Å². The van der Waals surface area contributed by atoms with Gasteiger partial charge in [-0.2, -0.15) is 0 Å². The number of hydrogen-bond acceptors (Lipinski definition) is 2. The number of ether oxygens (including phenoxy) is 2. The molecule has 0 spiro atoms. The first kappa shape index (κ1) is 31.2. The molecule has 0 saturated carbocycles. The van der Waals surface area contributed by atoms with Crippen LogP contribution >= 0.6 is 0 Å². The van der Waals surface area contributed by atoms with Crippen LogP contribution in [0.3, 0.4) is 0 Å². The Balaban J connectivity index is 2.16. The molecule has 0 amide bonds. The molecule has 2 atom stereocenters. The predicted octanol–water partition coefficient (Wildman–Crippen LogP) is 9.86. The summed E-state index contributed by atoms with van der Waals surface area (Å²) in [5.41, 5.74) is 2.85. The van der Waals surface area contributed by atoms with E-state index in [2.05, 4.69) is 52.0 Å². The second-order valence-corrected chi connectivity index (χ2v) is 10.5. The van der Waals surface area contributed by atoms with Crippen LogP contribution in [0.25, 0.3) is 0 Å². The van der Waals surface area contributed by atoms with Gasteiger partial charge in [0.2, 0.25) is 0 Å². The molecule has 0 aliphatic carbocycles. The lowest BCUT2D eigenvalue weighted by molar-refractivity contribution is 0.0597. The van der Waals surface area contributed by atoms with Gasteiger partial charge in [-0.3, -0.25) is 0 Å². The smallest absolute Gasteiger partial charge is 0.0587 e. The van der Waals surface area contributed by atoms with E-state index in [1.807, 2.05) is 0 Å². The Morgan fingerprint density at radius 1 is 0.500 bits per heavy atom. The minimum absolute atomic E-state index is 0.277. The van der Waals surface area contributed by atoms with Crippen LogP contribution in [0.5, 0.6) is 0 Å². The Morgan fingerprint density at radius 3 is 1.18 bits per heavy atom. The van der Waals surface area contributed by atoms with E-state index < -0.39 is 0 Å². The van der Waals surface area contributed by atoms with Crippen molar-refractivity contribution in [2.24, 2.45) is 0 Å².